The molecule has 5 heteroatoms. The van der Waals surface area contributed by atoms with Gasteiger partial charge in [0.2, 0.25) is 0 Å². The van der Waals surface area contributed by atoms with E-state index in [1.165, 1.54) is 0 Å². The van der Waals surface area contributed by atoms with E-state index >= 15 is 0 Å². The van der Waals surface area contributed by atoms with Gasteiger partial charge in [-0.15, -0.1) is 0 Å². The van der Waals surface area contributed by atoms with Gasteiger partial charge in [0.1, 0.15) is 0 Å². The first kappa shape index (κ1) is 51.1. The molecule has 1 radical (unpaired) electrons. The molecule has 0 amide bonds. The van der Waals surface area contributed by atoms with E-state index in [-0.39, 0.29) is 84.3 Å². The van der Waals surface area contributed by atoms with Crippen LogP contribution in [0.1, 0.15) is 0 Å². The van der Waals surface area contributed by atoms with Gasteiger partial charge >= 0.3 is 18.9 Å². The summed E-state index contributed by atoms with van der Waals surface area (Å²) in [6.07, 6.45) is 0. The van der Waals surface area contributed by atoms with Crippen molar-refractivity contribution in [2.75, 3.05) is 0 Å². The van der Waals surface area contributed by atoms with Gasteiger partial charge in [-0.1, -0.05) is 0 Å². The predicted octanol–water partition coefficient (Wildman–Crippen LogP) is -1.48. The van der Waals surface area contributed by atoms with Gasteiger partial charge in [0.25, 0.3) is 0 Å². The molecule has 1 nitrogen and oxygen atoms in total. The number of hydrogen-bond acceptors (Lipinski definition) is 0. The van der Waals surface area contributed by atoms with Crippen molar-refractivity contribution in [3.05, 3.63) is 0 Å². The van der Waals surface area contributed by atoms with Crippen molar-refractivity contribution in [1.82, 2.24) is 0 Å². The summed E-state index contributed by atoms with van der Waals surface area (Å²) < 4.78 is 0. The largest absolute Gasteiger partial charge is 0 e. The van der Waals surface area contributed by atoms with E-state index in [0.29, 0.717) is 0 Å². The monoisotopic (exact) mass is 361 g/mol. The topological polar surface area (TPSA) is 31.5 Å². The Kier molecular flexibility index (Phi) is 323. The first-order valence-corrected chi connectivity index (χ1v) is 0. The van der Waals surface area contributed by atoms with Crippen molar-refractivity contribution < 1.29 is 65.4 Å². The molecule has 0 atom stereocenters. The summed E-state index contributed by atoms with van der Waals surface area (Å²) in [6, 6.07) is 0. The minimum absolute atomic E-state index is 0. The van der Waals surface area contributed by atoms with Crippen LogP contribution in [-0.4, -0.2) is 24.3 Å². The molecule has 0 aromatic heterocycles. The van der Waals surface area contributed by atoms with Crippen molar-refractivity contribution in [2.24, 2.45) is 0 Å². The molecule has 0 aliphatic carbocycles. The third kappa shape index (κ3) is 21.1. The average Bonchev–Trinajstić information content (AvgIpc) is 0. The smallest absolute Gasteiger partial charge is 0 e. The van der Waals surface area contributed by atoms with Crippen molar-refractivity contribution in [3.8, 4) is 0 Å². The normalized spacial score (nSPS) is 0. The Bertz CT molecular complexity index is 11.6. The van der Waals surface area contributed by atoms with Crippen LogP contribution in [0.5, 0.6) is 0 Å². The molecule has 31 valence electrons. The van der Waals surface area contributed by atoms with Crippen LogP contribution >= 0.6 is 0 Å². The molecule has 2 N–H and O–H groups in total. The van der Waals surface area contributed by atoms with E-state index < -0.39 is 0 Å². The predicted molar refractivity (Wildman–Crippen MR) is 10.8 cm³/mol. The van der Waals surface area contributed by atoms with Crippen LogP contribution < -0.4 is 0 Å². The van der Waals surface area contributed by atoms with Gasteiger partial charge < -0.3 is 5.48 Å². The standard InChI is InChI=1S/Li.Nb.Ni.H2O.W.H/h;;;1H2;;. The maximum absolute atomic E-state index is 0. The minimum atomic E-state index is 0. The molecule has 0 spiro atoms. The fourth-order valence-corrected chi connectivity index (χ4v) is 0. The van der Waals surface area contributed by atoms with E-state index in [1.807, 2.05) is 0 Å². The van der Waals surface area contributed by atoms with Crippen LogP contribution in [0, 0.1) is 0 Å². The second kappa shape index (κ2) is 31.6. The van der Waals surface area contributed by atoms with E-state index in [0.717, 1.165) is 0 Å². The van der Waals surface area contributed by atoms with Crippen molar-refractivity contribution in [3.63, 3.8) is 0 Å². The molecule has 0 aliphatic rings. The average molecular weight is 361 g/mol. The summed E-state index contributed by atoms with van der Waals surface area (Å²) in [5.41, 5.74) is 0. The summed E-state index contributed by atoms with van der Waals surface area (Å²) in [5.74, 6) is 0. The van der Waals surface area contributed by atoms with E-state index in [4.69, 9.17) is 0 Å². The zero-order chi connectivity index (χ0) is 0. The molecule has 0 aromatic carbocycles. The SMILES string of the molecule is O.[LiH].[Nb].[Ni].[W]. The molecule has 5 heavy (non-hydrogen) atoms. The second-order valence-corrected chi connectivity index (χ2v) is 0. The van der Waals surface area contributed by atoms with Crippen molar-refractivity contribution in [1.29, 1.82) is 0 Å². The quantitative estimate of drug-likeness (QED) is 0.472. The molecule has 0 saturated heterocycles. The van der Waals surface area contributed by atoms with Gasteiger partial charge in [-0.25, -0.2) is 0 Å². The van der Waals surface area contributed by atoms with Crippen LogP contribution in [0.3, 0.4) is 0 Å². The van der Waals surface area contributed by atoms with Gasteiger partial charge in [0, 0.05) is 59.9 Å². The second-order valence-electron chi connectivity index (χ2n) is 0. The molecule has 0 heterocycles. The first-order chi connectivity index (χ1) is 0. The van der Waals surface area contributed by atoms with E-state index in [1.54, 1.807) is 0 Å². The maximum Gasteiger partial charge on any atom is 0 e. The molecule has 0 unspecified atom stereocenters. The maximum atomic E-state index is 0. The molecular formula is H3LiNbNiOW. The number of hydrogen-bond donors (Lipinski definition) is 0. The Labute approximate surface area is 83.2 Å². The third-order valence-corrected chi connectivity index (χ3v) is 0. The summed E-state index contributed by atoms with van der Waals surface area (Å²) in [4.78, 5) is 0. The zero-order valence-corrected chi connectivity index (χ0v) is 7.79. The van der Waals surface area contributed by atoms with Gasteiger partial charge in [-0.05, 0) is 0 Å². The van der Waals surface area contributed by atoms with Crippen LogP contribution in [0.2, 0.25) is 0 Å². The first-order valence-electron chi connectivity index (χ1n) is 0. The van der Waals surface area contributed by atoms with Gasteiger partial charge in [-0.2, -0.15) is 0 Å². The Morgan fingerprint density at radius 1 is 1.00 bits per heavy atom. The van der Waals surface area contributed by atoms with E-state index in [9.17, 15) is 0 Å². The Morgan fingerprint density at radius 3 is 1.00 bits per heavy atom. The van der Waals surface area contributed by atoms with Gasteiger partial charge in [-0.3, -0.25) is 0 Å². The fourth-order valence-electron chi connectivity index (χ4n) is 0. The van der Waals surface area contributed by atoms with Crippen LogP contribution in [0.4, 0.5) is 0 Å². The molecule has 0 fully saturated rings. The summed E-state index contributed by atoms with van der Waals surface area (Å²) in [6.45, 7) is 0. The van der Waals surface area contributed by atoms with Gasteiger partial charge in [0.05, 0.1) is 0 Å². The third-order valence-electron chi connectivity index (χ3n) is 0. The molecule has 0 aromatic rings. The molecule has 0 bridgehead atoms. The summed E-state index contributed by atoms with van der Waals surface area (Å²) >= 11 is 0. The molecule has 0 saturated carbocycles. The summed E-state index contributed by atoms with van der Waals surface area (Å²) in [5, 5.41) is 0. The Morgan fingerprint density at radius 2 is 1.00 bits per heavy atom. The minimum Gasteiger partial charge on any atom is 0 e. The molecule has 0 aliphatic heterocycles. The van der Waals surface area contributed by atoms with Crippen molar-refractivity contribution >= 4 is 18.9 Å². The zero-order valence-electron chi connectivity index (χ0n) is 1.67. The van der Waals surface area contributed by atoms with E-state index in [2.05, 4.69) is 0 Å². The molecule has 0 rings (SSSR count). The fraction of sp³-hybridized carbons (Fsp3) is 0. The van der Waals surface area contributed by atoms with Gasteiger partial charge in [0.15, 0.2) is 0 Å². The number of rotatable bonds is 0. The Balaban J connectivity index is 0. The Hall–Kier alpha value is 2.48. The molecular weight excluding hydrogens is 358 g/mol. The van der Waals surface area contributed by atoms with Crippen molar-refractivity contribution in [2.45, 2.75) is 0 Å². The van der Waals surface area contributed by atoms with Crippen LogP contribution in [-0.2, 0) is 59.9 Å². The van der Waals surface area contributed by atoms with Crippen LogP contribution in [0.15, 0.2) is 0 Å². The van der Waals surface area contributed by atoms with Crippen LogP contribution in [0.25, 0.3) is 0 Å². The summed E-state index contributed by atoms with van der Waals surface area (Å²) in [7, 11) is 0.